The van der Waals surface area contributed by atoms with Crippen molar-refractivity contribution in [3.05, 3.63) is 57.4 Å². The maximum atomic E-state index is 13.6. The molecule has 1 aliphatic heterocycles. The van der Waals surface area contributed by atoms with Gasteiger partial charge in [0.05, 0.1) is 29.3 Å². The van der Waals surface area contributed by atoms with Crippen LogP contribution in [0.25, 0.3) is 6.08 Å². The van der Waals surface area contributed by atoms with Gasteiger partial charge in [-0.3, -0.25) is 9.69 Å². The molecule has 7 heteroatoms. The molecule has 168 valence electrons. The third kappa shape index (κ3) is 4.74. The Morgan fingerprint density at radius 2 is 1.88 bits per heavy atom. The zero-order chi connectivity index (χ0) is 22.7. The summed E-state index contributed by atoms with van der Waals surface area (Å²) in [4.78, 5) is 21.1. The van der Waals surface area contributed by atoms with Gasteiger partial charge < -0.3 is 9.47 Å². The normalized spacial score (nSPS) is 23.8. The Hall–Kier alpha value is -2.25. The average Bonchev–Trinajstić information content (AvgIpc) is 3.08. The smallest absolute Gasteiger partial charge is 0.267 e. The lowest BCUT2D eigenvalue weighted by Crippen LogP contribution is -2.44. The predicted molar refractivity (Wildman–Crippen MR) is 135 cm³/mol. The number of carbonyl (C=O) groups is 1. The molecular weight excluding hydrogens is 488 g/mol. The minimum absolute atomic E-state index is 0.0225. The molecule has 2 atom stereocenters. The maximum absolute atomic E-state index is 13.6. The Morgan fingerprint density at radius 3 is 2.56 bits per heavy atom. The molecule has 1 saturated carbocycles. The van der Waals surface area contributed by atoms with E-state index in [9.17, 15) is 4.79 Å². The predicted octanol–water partition coefficient (Wildman–Crippen LogP) is 6.65. The van der Waals surface area contributed by atoms with E-state index < -0.39 is 0 Å². The average molecular weight is 515 g/mol. The Kier molecular flexibility index (Phi) is 7.26. The topological polar surface area (TPSA) is 51.1 Å². The summed E-state index contributed by atoms with van der Waals surface area (Å²) in [5, 5.41) is 0.755. The number of methoxy groups -OCH3 is 2. The number of rotatable bonds is 5. The van der Waals surface area contributed by atoms with E-state index in [1.54, 1.807) is 14.2 Å². The summed E-state index contributed by atoms with van der Waals surface area (Å²) < 4.78 is 11.7. The highest BCUT2D eigenvalue weighted by atomic mass is 79.9. The molecule has 2 aromatic rings. The van der Waals surface area contributed by atoms with E-state index in [4.69, 9.17) is 14.5 Å². The molecule has 2 aliphatic rings. The first-order valence-corrected chi connectivity index (χ1v) is 12.4. The van der Waals surface area contributed by atoms with Gasteiger partial charge in [0.25, 0.3) is 5.91 Å². The van der Waals surface area contributed by atoms with Crippen LogP contribution >= 0.6 is 27.7 Å². The number of thioether (sulfide) groups is 1. The first-order valence-electron chi connectivity index (χ1n) is 10.8. The van der Waals surface area contributed by atoms with E-state index in [1.165, 1.54) is 18.2 Å². The van der Waals surface area contributed by atoms with E-state index >= 15 is 0 Å². The quantitative estimate of drug-likeness (QED) is 0.419. The summed E-state index contributed by atoms with van der Waals surface area (Å²) in [5.74, 6) is 1.71. The summed E-state index contributed by atoms with van der Waals surface area (Å²) in [5.41, 5.74) is 1.72. The molecule has 0 spiro atoms. The molecule has 0 bridgehead atoms. The minimum Gasteiger partial charge on any atom is -0.493 e. The van der Waals surface area contributed by atoms with Crippen LogP contribution < -0.4 is 9.47 Å². The van der Waals surface area contributed by atoms with Crippen molar-refractivity contribution in [2.75, 3.05) is 14.2 Å². The molecule has 1 aliphatic carbocycles. The minimum atomic E-state index is 0.0225. The fourth-order valence-corrected chi connectivity index (χ4v) is 5.99. The summed E-state index contributed by atoms with van der Waals surface area (Å²) in [7, 11) is 3.21. The second-order valence-electron chi connectivity index (χ2n) is 8.08. The zero-order valence-electron chi connectivity index (χ0n) is 18.5. The zero-order valence-corrected chi connectivity index (χ0v) is 20.9. The number of aliphatic imine (C=N–C) groups is 1. The summed E-state index contributed by atoms with van der Waals surface area (Å²) >= 11 is 4.98. The standard InChI is InChI=1S/C25H27BrN2O3S/c1-16-9-7-8-12-20(16)28-24(29)22(32-25(28)27-18-10-5-4-6-11-18)15-17-13-19(26)23(31-3)21(14-17)30-2/h4-6,10-11,13-16,20H,7-9,12H2,1-3H3/b22-15-,27-25?/t16-,20+/m1/s1. The first kappa shape index (κ1) is 22.9. The molecule has 1 saturated heterocycles. The van der Waals surface area contributed by atoms with E-state index in [0.29, 0.717) is 22.3 Å². The fraction of sp³-hybridized carbons (Fsp3) is 0.360. The molecular formula is C25H27BrN2O3S. The van der Waals surface area contributed by atoms with Gasteiger partial charge >= 0.3 is 0 Å². The number of hydrogen-bond donors (Lipinski definition) is 0. The van der Waals surface area contributed by atoms with Gasteiger partial charge in [-0.15, -0.1) is 0 Å². The van der Waals surface area contributed by atoms with Crippen molar-refractivity contribution in [2.24, 2.45) is 10.9 Å². The number of amidine groups is 1. The number of ether oxygens (including phenoxy) is 2. The Morgan fingerprint density at radius 1 is 1.12 bits per heavy atom. The van der Waals surface area contributed by atoms with Gasteiger partial charge in [-0.25, -0.2) is 4.99 Å². The molecule has 1 amide bonds. The second-order valence-corrected chi connectivity index (χ2v) is 9.95. The molecule has 0 aromatic heterocycles. The van der Waals surface area contributed by atoms with Crippen LogP contribution in [0.2, 0.25) is 0 Å². The number of carbonyl (C=O) groups excluding carboxylic acids is 1. The van der Waals surface area contributed by atoms with Crippen molar-refractivity contribution in [2.45, 2.75) is 38.6 Å². The van der Waals surface area contributed by atoms with Gasteiger partial charge in [0.15, 0.2) is 16.7 Å². The lowest BCUT2D eigenvalue weighted by atomic mass is 9.85. The third-order valence-electron chi connectivity index (χ3n) is 5.97. The molecule has 0 unspecified atom stereocenters. The molecule has 2 fully saturated rings. The summed E-state index contributed by atoms with van der Waals surface area (Å²) in [6.45, 7) is 2.25. The van der Waals surface area contributed by atoms with Crippen LogP contribution in [-0.2, 0) is 4.79 Å². The summed E-state index contributed by atoms with van der Waals surface area (Å²) in [6.07, 6.45) is 6.42. The highest BCUT2D eigenvalue weighted by molar-refractivity contribution is 9.10. The van der Waals surface area contributed by atoms with Gasteiger partial charge in [-0.1, -0.05) is 38.0 Å². The number of halogens is 1. The highest BCUT2D eigenvalue weighted by Crippen LogP contribution is 2.42. The van der Waals surface area contributed by atoms with Gasteiger partial charge in [0.2, 0.25) is 0 Å². The van der Waals surface area contributed by atoms with Gasteiger partial charge in [-0.2, -0.15) is 0 Å². The van der Waals surface area contributed by atoms with E-state index in [2.05, 4.69) is 22.9 Å². The maximum Gasteiger partial charge on any atom is 0.267 e. The van der Waals surface area contributed by atoms with Crippen molar-refractivity contribution in [3.63, 3.8) is 0 Å². The Bertz CT molecular complexity index is 1050. The van der Waals surface area contributed by atoms with Gasteiger partial charge in [0, 0.05) is 6.04 Å². The first-order chi connectivity index (χ1) is 15.5. The lowest BCUT2D eigenvalue weighted by Gasteiger charge is -2.35. The second kappa shape index (κ2) is 10.1. The van der Waals surface area contributed by atoms with E-state index in [-0.39, 0.29) is 11.9 Å². The molecule has 32 heavy (non-hydrogen) atoms. The van der Waals surface area contributed by atoms with Crippen LogP contribution in [0.4, 0.5) is 5.69 Å². The van der Waals surface area contributed by atoms with E-state index in [0.717, 1.165) is 40.2 Å². The van der Waals surface area contributed by atoms with E-state index in [1.807, 2.05) is 53.4 Å². The molecule has 0 radical (unpaired) electrons. The molecule has 4 rings (SSSR count). The van der Waals surface area contributed by atoms with Crippen molar-refractivity contribution in [1.82, 2.24) is 4.90 Å². The number of para-hydroxylation sites is 1. The third-order valence-corrected chi connectivity index (χ3v) is 7.54. The molecule has 1 heterocycles. The largest absolute Gasteiger partial charge is 0.493 e. The Labute approximate surface area is 202 Å². The number of amides is 1. The lowest BCUT2D eigenvalue weighted by molar-refractivity contribution is -0.124. The summed E-state index contributed by atoms with van der Waals surface area (Å²) in [6, 6.07) is 13.8. The van der Waals surface area contributed by atoms with Crippen molar-refractivity contribution in [1.29, 1.82) is 0 Å². The van der Waals surface area contributed by atoms with Crippen molar-refractivity contribution >= 4 is 50.5 Å². The van der Waals surface area contributed by atoms with Gasteiger partial charge in [0.1, 0.15) is 0 Å². The Balaban J connectivity index is 1.74. The van der Waals surface area contributed by atoms with Crippen LogP contribution in [0.15, 0.2) is 56.8 Å². The van der Waals surface area contributed by atoms with Crippen molar-refractivity contribution < 1.29 is 14.3 Å². The van der Waals surface area contributed by atoms with Crippen LogP contribution in [0.3, 0.4) is 0 Å². The van der Waals surface area contributed by atoms with Crippen molar-refractivity contribution in [3.8, 4) is 11.5 Å². The SMILES string of the molecule is COc1cc(/C=C2\SC(=Nc3ccccc3)N([C@H]3CCCC[C@H]3C)C2=O)cc(Br)c1OC. The van der Waals surface area contributed by atoms with Crippen LogP contribution in [0.5, 0.6) is 11.5 Å². The van der Waals surface area contributed by atoms with Crippen LogP contribution in [0, 0.1) is 5.92 Å². The van der Waals surface area contributed by atoms with Crippen LogP contribution in [0.1, 0.15) is 38.2 Å². The fourth-order valence-electron chi connectivity index (χ4n) is 4.32. The molecule has 5 nitrogen and oxygen atoms in total. The van der Waals surface area contributed by atoms with Crippen LogP contribution in [-0.4, -0.2) is 36.2 Å². The highest BCUT2D eigenvalue weighted by Gasteiger charge is 2.41. The molecule has 0 N–H and O–H groups in total. The number of nitrogens with zero attached hydrogens (tertiary/aromatic N) is 2. The molecule has 2 aromatic carbocycles. The number of benzene rings is 2. The van der Waals surface area contributed by atoms with Gasteiger partial charge in [-0.05, 0) is 82.4 Å². The monoisotopic (exact) mass is 514 g/mol. The number of hydrogen-bond acceptors (Lipinski definition) is 5.